The van der Waals surface area contributed by atoms with Crippen LogP contribution in [0.2, 0.25) is 0 Å². The summed E-state index contributed by atoms with van der Waals surface area (Å²) in [6, 6.07) is 5.59. The molecule has 2 aromatic carbocycles. The number of hydrogen-bond donors (Lipinski definition) is 2. The number of alkyl halides is 4. The molecule has 37 heavy (non-hydrogen) atoms. The molecule has 0 radical (unpaired) electrons. The van der Waals surface area contributed by atoms with E-state index in [0.29, 0.717) is 22.4 Å². The number of hydrogen-bond acceptors (Lipinski definition) is 5. The van der Waals surface area contributed by atoms with Crippen molar-refractivity contribution in [3.8, 4) is 0 Å². The van der Waals surface area contributed by atoms with Gasteiger partial charge in [-0.25, -0.2) is 23.1 Å². The maximum atomic E-state index is 15.3. The van der Waals surface area contributed by atoms with Gasteiger partial charge in [-0.3, -0.25) is 4.79 Å². The van der Waals surface area contributed by atoms with E-state index in [0.717, 1.165) is 19.9 Å². The minimum Gasteiger partial charge on any atom is -0.384 e. The molecule has 4 rings (SSSR count). The molecule has 0 unspecified atom stereocenters. The number of amides is 1. The molecule has 1 aliphatic heterocycles. The van der Waals surface area contributed by atoms with Crippen molar-refractivity contribution in [3.05, 3.63) is 58.7 Å². The number of carbonyl (C=O) groups excluding carboxylic acids is 1. The average molecular weight is 523 g/mol. The monoisotopic (exact) mass is 522 g/mol. The van der Waals surface area contributed by atoms with Crippen molar-refractivity contribution in [1.82, 2.24) is 9.97 Å². The van der Waals surface area contributed by atoms with Crippen molar-refractivity contribution >= 4 is 28.3 Å². The lowest BCUT2D eigenvalue weighted by Gasteiger charge is -2.30. The highest BCUT2D eigenvalue weighted by Crippen LogP contribution is 2.45. The van der Waals surface area contributed by atoms with E-state index < -0.39 is 53.6 Å². The summed E-state index contributed by atoms with van der Waals surface area (Å²) in [5, 5.41) is 13.2. The number of aryl methyl sites for hydroxylation is 1. The molecule has 3 aromatic rings. The molecule has 0 fully saturated rings. The lowest BCUT2D eigenvalue weighted by atomic mass is 9.83. The predicted octanol–water partition coefficient (Wildman–Crippen LogP) is 5.27. The topological polar surface area (TPSA) is 78.4 Å². The molecule has 0 bridgehead atoms. The minimum atomic E-state index is -3.87. The quantitative estimate of drug-likeness (QED) is 0.414. The molecule has 1 atom stereocenters. The van der Waals surface area contributed by atoms with Crippen LogP contribution < -0.4 is 10.2 Å². The largest absolute Gasteiger partial charge is 0.384 e. The van der Waals surface area contributed by atoms with Crippen LogP contribution in [0.25, 0.3) is 10.9 Å². The maximum Gasteiger partial charge on any atom is 0.303 e. The van der Waals surface area contributed by atoms with E-state index in [4.69, 9.17) is 0 Å². The number of rotatable bonds is 7. The van der Waals surface area contributed by atoms with Crippen molar-refractivity contribution in [1.29, 1.82) is 0 Å². The lowest BCUT2D eigenvalue weighted by molar-refractivity contribution is -0.170. The Morgan fingerprint density at radius 1 is 1.16 bits per heavy atom. The molecular weight excluding hydrogens is 495 g/mol. The first-order valence-corrected chi connectivity index (χ1v) is 11.6. The first-order valence-electron chi connectivity index (χ1n) is 11.6. The Hall–Kier alpha value is -3.34. The van der Waals surface area contributed by atoms with Gasteiger partial charge in [0.05, 0.1) is 17.1 Å². The number of aromatic nitrogens is 2. The summed E-state index contributed by atoms with van der Waals surface area (Å²) in [5.74, 6) is -5.29. The van der Waals surface area contributed by atoms with Gasteiger partial charge < -0.3 is 15.3 Å². The van der Waals surface area contributed by atoms with Gasteiger partial charge in [-0.15, -0.1) is 0 Å². The highest BCUT2D eigenvalue weighted by molar-refractivity contribution is 6.10. The summed E-state index contributed by atoms with van der Waals surface area (Å²) in [6.07, 6.45) is 0. The van der Waals surface area contributed by atoms with Gasteiger partial charge in [-0.2, -0.15) is 8.78 Å². The first-order chi connectivity index (χ1) is 17.2. The number of fused-ring (bicyclic) bond motifs is 2. The van der Waals surface area contributed by atoms with Crippen molar-refractivity contribution in [2.24, 2.45) is 0 Å². The van der Waals surface area contributed by atoms with Crippen molar-refractivity contribution in [3.63, 3.8) is 0 Å². The second kappa shape index (κ2) is 8.90. The molecule has 0 aliphatic carbocycles. The highest BCUT2D eigenvalue weighted by Gasteiger charge is 2.51. The Bertz CT molecular complexity index is 1390. The summed E-state index contributed by atoms with van der Waals surface area (Å²) in [5.41, 5.74) is -4.73. The number of likely N-dealkylation sites (N-methyl/N-ethyl adjacent to an activating group) is 1. The Labute approximate surface area is 210 Å². The van der Waals surface area contributed by atoms with Gasteiger partial charge in [-0.1, -0.05) is 12.1 Å². The molecule has 0 saturated heterocycles. The molecule has 198 valence electrons. The van der Waals surface area contributed by atoms with Crippen LogP contribution in [0.1, 0.15) is 49.3 Å². The Morgan fingerprint density at radius 2 is 1.81 bits per heavy atom. The fraction of sp³-hybridized carbons (Fsp3) is 0.423. The number of aliphatic hydroxyl groups is 1. The standard InChI is InChI=1S/C26H27F5N4O2/c1-13(15-7-6-8-17(21(15)29)26(30,31)24(3,4)37)32-22-16-9-18-20(10-19(16)33-14(2)34-22)35(5)23(36)25(18,11-27)12-28/h6-10,13,37H,11-12H2,1-5H3,(H,32,33,34)/t13-/m1/s1. The number of nitrogens with one attached hydrogen (secondary N) is 1. The van der Waals surface area contributed by atoms with E-state index in [1.807, 2.05) is 0 Å². The maximum absolute atomic E-state index is 15.3. The molecule has 0 saturated carbocycles. The Kier molecular flexibility index (Phi) is 6.42. The second-order valence-corrected chi connectivity index (χ2v) is 9.93. The molecule has 1 aromatic heterocycles. The van der Waals surface area contributed by atoms with Crippen LogP contribution in [-0.2, 0) is 16.1 Å². The number of nitrogens with zero attached hydrogens (tertiary/aromatic N) is 3. The zero-order valence-corrected chi connectivity index (χ0v) is 21.0. The molecule has 1 amide bonds. The molecule has 2 heterocycles. The zero-order valence-electron chi connectivity index (χ0n) is 21.0. The van der Waals surface area contributed by atoms with Gasteiger partial charge >= 0.3 is 5.92 Å². The summed E-state index contributed by atoms with van der Waals surface area (Å²) >= 11 is 0. The Morgan fingerprint density at radius 3 is 2.41 bits per heavy atom. The number of benzene rings is 2. The van der Waals surface area contributed by atoms with Gasteiger partial charge in [0.1, 0.15) is 41.8 Å². The van der Waals surface area contributed by atoms with E-state index in [1.54, 1.807) is 6.92 Å². The van der Waals surface area contributed by atoms with Crippen LogP contribution >= 0.6 is 0 Å². The summed E-state index contributed by atoms with van der Waals surface area (Å²) in [7, 11) is 1.43. The van der Waals surface area contributed by atoms with Crippen LogP contribution in [-0.4, -0.2) is 47.0 Å². The summed E-state index contributed by atoms with van der Waals surface area (Å²) in [6.45, 7) is 2.44. The predicted molar refractivity (Wildman–Crippen MR) is 130 cm³/mol. The number of halogens is 5. The molecule has 1 aliphatic rings. The SMILES string of the molecule is Cc1nc(N[C@H](C)c2cccc(C(F)(F)C(C)(C)O)c2F)c2cc3c(cc2n1)N(C)C(=O)C3(CF)CF. The lowest BCUT2D eigenvalue weighted by Crippen LogP contribution is -2.42. The molecule has 11 heteroatoms. The van der Waals surface area contributed by atoms with E-state index >= 15 is 4.39 Å². The van der Waals surface area contributed by atoms with E-state index in [1.165, 1.54) is 43.1 Å². The average Bonchev–Trinajstić information content (AvgIpc) is 3.03. The fourth-order valence-corrected chi connectivity index (χ4v) is 4.63. The molecular formula is C26H27F5N4O2. The number of anilines is 2. The van der Waals surface area contributed by atoms with Crippen LogP contribution in [0.4, 0.5) is 33.5 Å². The van der Waals surface area contributed by atoms with Crippen molar-refractivity contribution in [2.45, 2.75) is 50.7 Å². The van der Waals surface area contributed by atoms with Crippen LogP contribution in [0.15, 0.2) is 30.3 Å². The van der Waals surface area contributed by atoms with Gasteiger partial charge in [-0.05, 0) is 51.5 Å². The van der Waals surface area contributed by atoms with E-state index in [2.05, 4.69) is 15.3 Å². The van der Waals surface area contributed by atoms with Gasteiger partial charge in [0, 0.05) is 23.7 Å². The third-order valence-electron chi connectivity index (χ3n) is 6.93. The Balaban J connectivity index is 1.82. The first kappa shape index (κ1) is 26.7. The van der Waals surface area contributed by atoms with E-state index in [9.17, 15) is 27.5 Å². The summed E-state index contributed by atoms with van der Waals surface area (Å²) < 4.78 is 73.0. The molecule has 6 nitrogen and oxygen atoms in total. The second-order valence-electron chi connectivity index (χ2n) is 9.93. The third-order valence-corrected chi connectivity index (χ3v) is 6.93. The van der Waals surface area contributed by atoms with Gasteiger partial charge in [0.15, 0.2) is 0 Å². The zero-order chi connectivity index (χ0) is 27.5. The van der Waals surface area contributed by atoms with Crippen LogP contribution in [0, 0.1) is 12.7 Å². The van der Waals surface area contributed by atoms with Gasteiger partial charge in [0.25, 0.3) is 0 Å². The third kappa shape index (κ3) is 4.00. The van der Waals surface area contributed by atoms with Crippen LogP contribution in [0.5, 0.6) is 0 Å². The van der Waals surface area contributed by atoms with Crippen molar-refractivity contribution in [2.75, 3.05) is 30.6 Å². The smallest absolute Gasteiger partial charge is 0.303 e. The van der Waals surface area contributed by atoms with Gasteiger partial charge in [0.2, 0.25) is 5.91 Å². The van der Waals surface area contributed by atoms with Crippen molar-refractivity contribution < 1.29 is 31.9 Å². The molecule has 0 spiro atoms. The highest BCUT2D eigenvalue weighted by atomic mass is 19.3. The van der Waals surface area contributed by atoms with Crippen LogP contribution in [0.3, 0.4) is 0 Å². The minimum absolute atomic E-state index is 0.108. The number of carbonyl (C=O) groups is 1. The molecule has 2 N–H and O–H groups in total. The fourth-order valence-electron chi connectivity index (χ4n) is 4.63. The summed E-state index contributed by atoms with van der Waals surface area (Å²) in [4.78, 5) is 22.6. The van der Waals surface area contributed by atoms with E-state index in [-0.39, 0.29) is 16.9 Å². The normalized spacial score (nSPS) is 16.3.